The molecular formula is C21H37F3O2. The van der Waals surface area contributed by atoms with Gasteiger partial charge < -0.3 is 4.74 Å². The van der Waals surface area contributed by atoms with Crippen LogP contribution in [0.25, 0.3) is 0 Å². The average Bonchev–Trinajstić information content (AvgIpc) is 2.41. The largest absolute Gasteiger partial charge is 0.459 e. The van der Waals surface area contributed by atoms with E-state index < -0.39 is 17.7 Å². The molecule has 0 spiro atoms. The fraction of sp³-hybridized carbons (Fsp3) is 0.952. The molecule has 0 aromatic carbocycles. The maximum Gasteiger partial charge on any atom is 0.391 e. The molecule has 1 fully saturated rings. The summed E-state index contributed by atoms with van der Waals surface area (Å²) in [5, 5.41) is 0. The summed E-state index contributed by atoms with van der Waals surface area (Å²) in [5.41, 5.74) is -0.977. The van der Waals surface area contributed by atoms with Crippen molar-refractivity contribution in [1.29, 1.82) is 0 Å². The van der Waals surface area contributed by atoms with Gasteiger partial charge in [-0.1, -0.05) is 41.5 Å². The van der Waals surface area contributed by atoms with E-state index in [1.165, 1.54) is 0 Å². The van der Waals surface area contributed by atoms with E-state index in [1.54, 1.807) is 0 Å². The van der Waals surface area contributed by atoms with Crippen LogP contribution < -0.4 is 0 Å². The lowest BCUT2D eigenvalue weighted by Crippen LogP contribution is -2.44. The monoisotopic (exact) mass is 378 g/mol. The molecule has 0 amide bonds. The maximum atomic E-state index is 12.9. The number of ether oxygens (including phenoxy) is 1. The van der Waals surface area contributed by atoms with Crippen molar-refractivity contribution in [3.8, 4) is 0 Å². The molecule has 0 heterocycles. The zero-order chi connectivity index (χ0) is 20.6. The molecule has 0 N–H and O–H groups in total. The SMILES string of the molecule is CC(C)(C)CC(C(=O)OC(C)(C)C1CCC(C(F)(F)F)CC1)C(C)(C)C. The third-order valence-corrected chi connectivity index (χ3v) is 5.68. The number of halogens is 3. The zero-order valence-electron chi connectivity index (χ0n) is 17.7. The topological polar surface area (TPSA) is 26.3 Å². The molecule has 1 rings (SSSR count). The molecule has 154 valence electrons. The van der Waals surface area contributed by atoms with Crippen LogP contribution in [-0.4, -0.2) is 17.7 Å². The fourth-order valence-electron chi connectivity index (χ4n) is 3.89. The minimum Gasteiger partial charge on any atom is -0.459 e. The summed E-state index contributed by atoms with van der Waals surface area (Å²) in [5.74, 6) is -1.71. The lowest BCUT2D eigenvalue weighted by Gasteiger charge is -2.41. The Morgan fingerprint density at radius 1 is 0.885 bits per heavy atom. The van der Waals surface area contributed by atoms with Crippen LogP contribution in [0.15, 0.2) is 0 Å². The molecule has 0 radical (unpaired) electrons. The molecular weight excluding hydrogens is 341 g/mol. The number of rotatable bonds is 4. The van der Waals surface area contributed by atoms with E-state index in [0.29, 0.717) is 19.3 Å². The van der Waals surface area contributed by atoms with Gasteiger partial charge >= 0.3 is 12.1 Å². The Bertz CT molecular complexity index is 473. The summed E-state index contributed by atoms with van der Waals surface area (Å²) >= 11 is 0. The smallest absolute Gasteiger partial charge is 0.391 e. The van der Waals surface area contributed by atoms with Crippen LogP contribution >= 0.6 is 0 Å². The molecule has 0 aromatic rings. The highest BCUT2D eigenvalue weighted by molar-refractivity contribution is 5.74. The van der Waals surface area contributed by atoms with E-state index in [-0.39, 0.29) is 41.5 Å². The molecule has 1 saturated carbocycles. The van der Waals surface area contributed by atoms with Gasteiger partial charge in [0.25, 0.3) is 0 Å². The third kappa shape index (κ3) is 6.77. The van der Waals surface area contributed by atoms with Crippen LogP contribution in [0.2, 0.25) is 0 Å². The molecule has 1 aliphatic carbocycles. The molecule has 5 heteroatoms. The lowest BCUT2D eigenvalue weighted by atomic mass is 9.71. The predicted octanol–water partition coefficient (Wildman–Crippen LogP) is 6.78. The van der Waals surface area contributed by atoms with Gasteiger partial charge in [-0.25, -0.2) is 0 Å². The van der Waals surface area contributed by atoms with Gasteiger partial charge in [-0.05, 0) is 62.7 Å². The van der Waals surface area contributed by atoms with E-state index in [2.05, 4.69) is 20.8 Å². The quantitative estimate of drug-likeness (QED) is 0.504. The number of hydrogen-bond acceptors (Lipinski definition) is 2. The second kappa shape index (κ2) is 7.71. The minimum absolute atomic E-state index is 0.00806. The lowest BCUT2D eigenvalue weighted by molar-refractivity contribution is -0.194. The Labute approximate surface area is 157 Å². The molecule has 1 aliphatic rings. The summed E-state index contributed by atoms with van der Waals surface area (Å²) in [6, 6.07) is 0. The van der Waals surface area contributed by atoms with Gasteiger partial charge in [0.1, 0.15) is 5.60 Å². The maximum absolute atomic E-state index is 12.9. The van der Waals surface area contributed by atoms with Gasteiger partial charge in [0.2, 0.25) is 0 Å². The highest BCUT2D eigenvalue weighted by Crippen LogP contribution is 2.44. The van der Waals surface area contributed by atoms with E-state index in [0.717, 1.165) is 0 Å². The van der Waals surface area contributed by atoms with E-state index in [9.17, 15) is 18.0 Å². The van der Waals surface area contributed by atoms with Crippen LogP contribution in [-0.2, 0) is 9.53 Å². The predicted molar refractivity (Wildman–Crippen MR) is 98.7 cm³/mol. The van der Waals surface area contributed by atoms with Gasteiger partial charge in [-0.3, -0.25) is 4.79 Å². The summed E-state index contributed by atoms with van der Waals surface area (Å²) in [4.78, 5) is 12.9. The first-order valence-electron chi connectivity index (χ1n) is 9.73. The summed E-state index contributed by atoms with van der Waals surface area (Å²) in [6.45, 7) is 16.1. The first-order chi connectivity index (χ1) is 11.4. The van der Waals surface area contributed by atoms with Gasteiger partial charge in [-0.15, -0.1) is 0 Å². The van der Waals surface area contributed by atoms with E-state index >= 15 is 0 Å². The Balaban J connectivity index is 2.79. The highest BCUT2D eigenvalue weighted by Gasteiger charge is 2.46. The van der Waals surface area contributed by atoms with Crippen LogP contribution in [0.4, 0.5) is 13.2 Å². The summed E-state index contributed by atoms with van der Waals surface area (Å²) in [6.07, 6.45) is -2.25. The molecule has 26 heavy (non-hydrogen) atoms. The molecule has 0 aromatic heterocycles. The van der Waals surface area contributed by atoms with E-state index in [4.69, 9.17) is 4.74 Å². The fourth-order valence-corrected chi connectivity index (χ4v) is 3.89. The second-order valence-electron chi connectivity index (χ2n) is 10.8. The van der Waals surface area contributed by atoms with Crippen molar-refractivity contribution < 1.29 is 22.7 Å². The van der Waals surface area contributed by atoms with Crippen LogP contribution in [0, 0.1) is 28.6 Å². The zero-order valence-corrected chi connectivity index (χ0v) is 17.7. The van der Waals surface area contributed by atoms with Crippen molar-refractivity contribution in [2.75, 3.05) is 0 Å². The molecule has 2 nitrogen and oxygen atoms in total. The Hall–Kier alpha value is -0.740. The van der Waals surface area contributed by atoms with Crippen molar-refractivity contribution in [2.45, 2.75) is 99.3 Å². The van der Waals surface area contributed by atoms with Crippen LogP contribution in [0.1, 0.15) is 87.5 Å². The molecule has 0 bridgehead atoms. The van der Waals surface area contributed by atoms with Gasteiger partial charge in [0, 0.05) is 0 Å². The Morgan fingerprint density at radius 2 is 1.31 bits per heavy atom. The van der Waals surface area contributed by atoms with Crippen molar-refractivity contribution in [1.82, 2.24) is 0 Å². The van der Waals surface area contributed by atoms with Gasteiger partial charge in [-0.2, -0.15) is 13.2 Å². The molecule has 0 saturated heterocycles. The first kappa shape index (κ1) is 23.3. The number of carbonyl (C=O) groups excluding carboxylic acids is 1. The van der Waals surface area contributed by atoms with Crippen LogP contribution in [0.3, 0.4) is 0 Å². The summed E-state index contributed by atoms with van der Waals surface area (Å²) in [7, 11) is 0. The van der Waals surface area contributed by atoms with Crippen molar-refractivity contribution in [2.24, 2.45) is 28.6 Å². The van der Waals surface area contributed by atoms with E-state index in [1.807, 2.05) is 34.6 Å². The van der Waals surface area contributed by atoms with Gasteiger partial charge in [0.05, 0.1) is 11.8 Å². The number of hydrogen-bond donors (Lipinski definition) is 0. The van der Waals surface area contributed by atoms with Gasteiger partial charge in [0.15, 0.2) is 0 Å². The standard InChI is InChI=1S/C21H37F3O2/c1-18(2,3)13-16(19(4,5)6)17(25)26-20(7,8)14-9-11-15(12-10-14)21(22,23)24/h14-16H,9-13H2,1-8H3. The number of carbonyl (C=O) groups is 1. The van der Waals surface area contributed by atoms with Crippen LogP contribution in [0.5, 0.6) is 0 Å². The Kier molecular flexibility index (Phi) is 6.91. The normalized spacial score (nSPS) is 24.3. The Morgan fingerprint density at radius 3 is 1.65 bits per heavy atom. The first-order valence-corrected chi connectivity index (χ1v) is 9.73. The van der Waals surface area contributed by atoms with Crippen molar-refractivity contribution in [3.05, 3.63) is 0 Å². The second-order valence-corrected chi connectivity index (χ2v) is 10.8. The minimum atomic E-state index is -4.12. The summed E-state index contributed by atoms with van der Waals surface area (Å²) < 4.78 is 44.6. The number of alkyl halides is 3. The molecule has 1 atom stereocenters. The van der Waals surface area contributed by atoms with Crippen molar-refractivity contribution in [3.63, 3.8) is 0 Å². The average molecular weight is 379 g/mol. The number of esters is 1. The molecule has 0 aliphatic heterocycles. The van der Waals surface area contributed by atoms with Crippen molar-refractivity contribution >= 4 is 5.97 Å². The molecule has 1 unspecified atom stereocenters. The highest BCUT2D eigenvalue weighted by atomic mass is 19.4. The third-order valence-electron chi connectivity index (χ3n) is 5.68.